The molecular weight excluding hydrogens is 249 g/mol. The number of nitrogens with zero attached hydrogens (tertiary/aromatic N) is 1. The highest BCUT2D eigenvalue weighted by Gasteiger charge is 2.15. The van der Waals surface area contributed by atoms with Gasteiger partial charge in [0.15, 0.2) is 0 Å². The average Bonchev–Trinajstić information content (AvgIpc) is 2.36. The van der Waals surface area contributed by atoms with Crippen LogP contribution in [-0.2, 0) is 9.53 Å². The molecule has 1 N–H and O–H groups in total. The molecule has 1 unspecified atom stereocenters. The van der Waals surface area contributed by atoms with Crippen LogP contribution in [-0.4, -0.2) is 37.9 Å². The average molecular weight is 267 g/mol. The quantitative estimate of drug-likeness (QED) is 0.804. The molecule has 0 amide bonds. The number of likely N-dealkylation sites (N-methyl/N-ethyl adjacent to an activating group) is 1. The number of anilines is 1. The van der Waals surface area contributed by atoms with Crippen LogP contribution < -0.4 is 4.90 Å². The van der Waals surface area contributed by atoms with Crippen molar-refractivity contribution >= 4 is 17.7 Å². The molecule has 0 aromatic heterocycles. The third kappa shape index (κ3) is 4.06. The fourth-order valence-electron chi connectivity index (χ4n) is 1.74. The smallest absolute Gasteiger partial charge is 0.328 e. The summed E-state index contributed by atoms with van der Waals surface area (Å²) in [4.78, 5) is 12.4. The summed E-state index contributed by atoms with van der Waals surface area (Å²) in [6.45, 7) is 2.44. The third-order valence-corrected chi connectivity index (χ3v) is 2.87. The summed E-state index contributed by atoms with van der Waals surface area (Å²) in [5, 5.41) is 8.65. The monoisotopic (exact) mass is 267 g/mol. The topological polar surface area (TPSA) is 49.8 Å². The SMILES string of the molecule is COCC(C)N(C)c1cccc(F)c1/C=C/C(=O)O. The molecule has 5 heteroatoms. The van der Waals surface area contributed by atoms with Gasteiger partial charge in [-0.3, -0.25) is 0 Å². The molecule has 0 aliphatic heterocycles. The molecule has 0 fully saturated rings. The van der Waals surface area contributed by atoms with Gasteiger partial charge in [-0.05, 0) is 25.1 Å². The lowest BCUT2D eigenvalue weighted by molar-refractivity contribution is -0.131. The van der Waals surface area contributed by atoms with Gasteiger partial charge in [-0.25, -0.2) is 9.18 Å². The Morgan fingerprint density at radius 2 is 2.26 bits per heavy atom. The lowest BCUT2D eigenvalue weighted by Crippen LogP contribution is -2.33. The number of hydrogen-bond donors (Lipinski definition) is 1. The van der Waals surface area contributed by atoms with Crippen molar-refractivity contribution in [2.75, 3.05) is 25.7 Å². The van der Waals surface area contributed by atoms with Crippen molar-refractivity contribution < 1.29 is 19.0 Å². The van der Waals surface area contributed by atoms with Gasteiger partial charge in [0.2, 0.25) is 0 Å². The second kappa shape index (κ2) is 6.89. The number of carboxylic acids is 1. The van der Waals surface area contributed by atoms with Crippen LogP contribution in [0.2, 0.25) is 0 Å². The van der Waals surface area contributed by atoms with E-state index in [9.17, 15) is 9.18 Å². The Morgan fingerprint density at radius 1 is 1.58 bits per heavy atom. The molecule has 4 nitrogen and oxygen atoms in total. The summed E-state index contributed by atoms with van der Waals surface area (Å²) in [7, 11) is 3.41. The second-order valence-corrected chi connectivity index (χ2v) is 4.26. The molecule has 0 bridgehead atoms. The number of aliphatic carboxylic acids is 1. The molecule has 0 heterocycles. The maximum atomic E-state index is 13.8. The van der Waals surface area contributed by atoms with Crippen molar-refractivity contribution in [1.29, 1.82) is 0 Å². The Labute approximate surface area is 112 Å². The molecule has 0 saturated carbocycles. The standard InChI is InChI=1S/C14H18FNO3/c1-10(9-19-3)16(2)13-6-4-5-12(15)11(13)7-8-14(17)18/h4-8,10H,9H2,1-3H3,(H,17,18)/b8-7+. The summed E-state index contributed by atoms with van der Waals surface area (Å²) in [6, 6.07) is 4.69. The van der Waals surface area contributed by atoms with Gasteiger partial charge in [-0.2, -0.15) is 0 Å². The zero-order valence-electron chi connectivity index (χ0n) is 11.3. The number of carboxylic acid groups (broad SMARTS) is 1. The van der Waals surface area contributed by atoms with E-state index in [0.29, 0.717) is 12.3 Å². The van der Waals surface area contributed by atoms with Gasteiger partial charge in [0.25, 0.3) is 0 Å². The molecule has 104 valence electrons. The van der Waals surface area contributed by atoms with E-state index in [0.717, 1.165) is 6.08 Å². The fraction of sp³-hybridized carbons (Fsp3) is 0.357. The largest absolute Gasteiger partial charge is 0.478 e. The molecule has 1 atom stereocenters. The van der Waals surface area contributed by atoms with E-state index in [1.54, 1.807) is 19.2 Å². The number of hydrogen-bond acceptors (Lipinski definition) is 3. The highest BCUT2D eigenvalue weighted by atomic mass is 19.1. The summed E-state index contributed by atoms with van der Waals surface area (Å²) in [5.74, 6) is -1.56. The molecule has 0 aliphatic carbocycles. The van der Waals surface area contributed by atoms with Crippen LogP contribution in [0.5, 0.6) is 0 Å². The zero-order chi connectivity index (χ0) is 14.4. The predicted octanol–water partition coefficient (Wildman–Crippen LogP) is 2.39. The number of benzene rings is 1. The van der Waals surface area contributed by atoms with Crippen molar-refractivity contribution in [2.45, 2.75) is 13.0 Å². The minimum absolute atomic E-state index is 0.0452. The molecular formula is C14H18FNO3. The van der Waals surface area contributed by atoms with E-state index >= 15 is 0 Å². The molecule has 1 aromatic rings. The Kier molecular flexibility index (Phi) is 5.51. The van der Waals surface area contributed by atoms with E-state index in [-0.39, 0.29) is 11.6 Å². The minimum atomic E-state index is -1.11. The molecule has 0 radical (unpaired) electrons. The van der Waals surface area contributed by atoms with Gasteiger partial charge in [-0.15, -0.1) is 0 Å². The normalized spacial score (nSPS) is 12.6. The minimum Gasteiger partial charge on any atom is -0.478 e. The fourth-order valence-corrected chi connectivity index (χ4v) is 1.74. The molecule has 1 aromatic carbocycles. The first-order valence-electron chi connectivity index (χ1n) is 5.88. The van der Waals surface area contributed by atoms with Gasteiger partial charge >= 0.3 is 5.97 Å². The molecule has 0 saturated heterocycles. The van der Waals surface area contributed by atoms with Crippen molar-refractivity contribution in [3.8, 4) is 0 Å². The molecule has 19 heavy (non-hydrogen) atoms. The second-order valence-electron chi connectivity index (χ2n) is 4.26. The van der Waals surface area contributed by atoms with Crippen LogP contribution in [0.4, 0.5) is 10.1 Å². The summed E-state index contributed by atoms with van der Waals surface area (Å²) >= 11 is 0. The van der Waals surface area contributed by atoms with Gasteiger partial charge < -0.3 is 14.7 Å². The zero-order valence-corrected chi connectivity index (χ0v) is 11.3. The maximum absolute atomic E-state index is 13.8. The van der Waals surface area contributed by atoms with Crippen LogP contribution in [0.3, 0.4) is 0 Å². The molecule has 0 spiro atoms. The number of carbonyl (C=O) groups is 1. The van der Waals surface area contributed by atoms with Gasteiger partial charge in [0.1, 0.15) is 5.82 Å². The predicted molar refractivity (Wildman–Crippen MR) is 72.8 cm³/mol. The van der Waals surface area contributed by atoms with Crippen molar-refractivity contribution in [1.82, 2.24) is 0 Å². The van der Waals surface area contributed by atoms with E-state index in [4.69, 9.17) is 9.84 Å². The molecule has 0 aliphatic rings. The summed E-state index contributed by atoms with van der Waals surface area (Å²) in [6.07, 6.45) is 2.19. The molecule has 1 rings (SSSR count). The van der Waals surface area contributed by atoms with Crippen LogP contribution >= 0.6 is 0 Å². The summed E-state index contributed by atoms with van der Waals surface area (Å²) < 4.78 is 18.9. The van der Waals surface area contributed by atoms with E-state index in [1.165, 1.54) is 12.1 Å². The lowest BCUT2D eigenvalue weighted by atomic mass is 10.1. The Bertz CT molecular complexity index is 474. The first-order chi connectivity index (χ1) is 8.97. The highest BCUT2D eigenvalue weighted by Crippen LogP contribution is 2.25. The first-order valence-corrected chi connectivity index (χ1v) is 5.88. The number of halogens is 1. The number of rotatable bonds is 6. The lowest BCUT2D eigenvalue weighted by Gasteiger charge is -2.28. The van der Waals surface area contributed by atoms with Crippen molar-refractivity contribution in [3.05, 3.63) is 35.7 Å². The Morgan fingerprint density at radius 3 is 2.84 bits per heavy atom. The summed E-state index contributed by atoms with van der Waals surface area (Å²) in [5.41, 5.74) is 0.886. The number of ether oxygens (including phenoxy) is 1. The van der Waals surface area contributed by atoms with E-state index < -0.39 is 11.8 Å². The van der Waals surface area contributed by atoms with Crippen LogP contribution in [0.15, 0.2) is 24.3 Å². The highest BCUT2D eigenvalue weighted by molar-refractivity contribution is 5.87. The maximum Gasteiger partial charge on any atom is 0.328 e. The third-order valence-electron chi connectivity index (χ3n) is 2.87. The van der Waals surface area contributed by atoms with Crippen molar-refractivity contribution in [2.24, 2.45) is 0 Å². The van der Waals surface area contributed by atoms with Crippen LogP contribution in [0, 0.1) is 5.82 Å². The Balaban J connectivity index is 3.12. The number of methoxy groups -OCH3 is 1. The van der Waals surface area contributed by atoms with E-state index in [1.807, 2.05) is 18.9 Å². The van der Waals surface area contributed by atoms with Crippen LogP contribution in [0.25, 0.3) is 6.08 Å². The van der Waals surface area contributed by atoms with Crippen LogP contribution in [0.1, 0.15) is 12.5 Å². The Hall–Kier alpha value is -1.88. The van der Waals surface area contributed by atoms with E-state index in [2.05, 4.69) is 0 Å². The first kappa shape index (κ1) is 15.2. The van der Waals surface area contributed by atoms with Gasteiger partial charge in [0.05, 0.1) is 6.61 Å². The van der Waals surface area contributed by atoms with Gasteiger partial charge in [-0.1, -0.05) is 6.07 Å². The van der Waals surface area contributed by atoms with Crippen molar-refractivity contribution in [3.63, 3.8) is 0 Å². The van der Waals surface area contributed by atoms with Gasteiger partial charge in [0, 0.05) is 37.5 Å².